The zero-order chi connectivity index (χ0) is 19.0. The van der Waals surface area contributed by atoms with E-state index in [0.29, 0.717) is 12.1 Å². The van der Waals surface area contributed by atoms with Crippen molar-refractivity contribution in [2.24, 2.45) is 0 Å². The molecular formula is C19H16N2O4S2. The summed E-state index contributed by atoms with van der Waals surface area (Å²) in [6.45, 7) is 0.578. The highest BCUT2D eigenvalue weighted by Crippen LogP contribution is 2.40. The standard InChI is InChI=1S/C19H16N2O4S2/c1-25-15-5-4-12(11-14(15)21(23)24)19(22)20-8-6-16-13(7-10-27-16)18(20)17-3-2-9-26-17/h2-5,7,9-11,18H,6,8H2,1H3/t18-/m1/s1. The number of thiophene rings is 2. The van der Waals surface area contributed by atoms with Crippen LogP contribution in [-0.2, 0) is 6.42 Å². The summed E-state index contributed by atoms with van der Waals surface area (Å²) in [7, 11) is 1.37. The summed E-state index contributed by atoms with van der Waals surface area (Å²) in [5.74, 6) is -0.0684. The third-order valence-corrected chi connectivity index (χ3v) is 6.58. The molecule has 0 aliphatic carbocycles. The first-order valence-electron chi connectivity index (χ1n) is 8.33. The van der Waals surface area contributed by atoms with E-state index >= 15 is 0 Å². The van der Waals surface area contributed by atoms with Crippen LogP contribution in [0.4, 0.5) is 5.69 Å². The van der Waals surface area contributed by atoms with Crippen LogP contribution >= 0.6 is 22.7 Å². The fraction of sp³-hybridized carbons (Fsp3) is 0.211. The summed E-state index contributed by atoms with van der Waals surface area (Å²) in [5.41, 5.74) is 1.23. The van der Waals surface area contributed by atoms with Crippen molar-refractivity contribution >= 4 is 34.3 Å². The number of hydrogen-bond donors (Lipinski definition) is 0. The molecule has 6 nitrogen and oxygen atoms in total. The Labute approximate surface area is 163 Å². The summed E-state index contributed by atoms with van der Waals surface area (Å²) < 4.78 is 5.04. The third kappa shape index (κ3) is 3.11. The number of benzene rings is 1. The molecule has 3 heterocycles. The number of nitro groups is 1. The number of fused-ring (bicyclic) bond motifs is 1. The molecule has 3 aromatic rings. The van der Waals surface area contributed by atoms with Gasteiger partial charge in [0.25, 0.3) is 5.91 Å². The first-order valence-corrected chi connectivity index (χ1v) is 10.1. The molecule has 1 aliphatic heterocycles. The van der Waals surface area contributed by atoms with Crippen molar-refractivity contribution in [1.82, 2.24) is 4.90 Å². The van der Waals surface area contributed by atoms with E-state index in [-0.39, 0.29) is 23.4 Å². The van der Waals surface area contributed by atoms with E-state index in [1.165, 1.54) is 24.1 Å². The average molecular weight is 400 g/mol. The van der Waals surface area contributed by atoms with Gasteiger partial charge in [-0.2, -0.15) is 0 Å². The Bertz CT molecular complexity index is 997. The Morgan fingerprint density at radius 2 is 2.11 bits per heavy atom. The lowest BCUT2D eigenvalue weighted by Gasteiger charge is -2.35. The Hall–Kier alpha value is -2.71. The van der Waals surface area contributed by atoms with Crippen LogP contribution in [0.2, 0.25) is 0 Å². The second kappa shape index (κ2) is 7.13. The zero-order valence-electron chi connectivity index (χ0n) is 14.5. The topological polar surface area (TPSA) is 72.7 Å². The van der Waals surface area contributed by atoms with Gasteiger partial charge < -0.3 is 9.64 Å². The predicted octanol–water partition coefficient (Wildman–Crippen LogP) is 4.51. The van der Waals surface area contributed by atoms with E-state index in [9.17, 15) is 14.9 Å². The van der Waals surface area contributed by atoms with Gasteiger partial charge in [-0.1, -0.05) is 6.07 Å². The van der Waals surface area contributed by atoms with Gasteiger partial charge >= 0.3 is 5.69 Å². The number of carbonyl (C=O) groups is 1. The lowest BCUT2D eigenvalue weighted by Crippen LogP contribution is -2.39. The lowest BCUT2D eigenvalue weighted by molar-refractivity contribution is -0.385. The molecule has 1 atom stereocenters. The van der Waals surface area contributed by atoms with Crippen LogP contribution < -0.4 is 4.74 Å². The van der Waals surface area contributed by atoms with E-state index in [2.05, 4.69) is 11.4 Å². The van der Waals surface area contributed by atoms with Gasteiger partial charge in [-0.25, -0.2) is 0 Å². The Kier molecular flexibility index (Phi) is 4.67. The molecule has 27 heavy (non-hydrogen) atoms. The van der Waals surface area contributed by atoms with Crippen LogP contribution in [0, 0.1) is 10.1 Å². The van der Waals surface area contributed by atoms with E-state index in [1.807, 2.05) is 22.4 Å². The molecular weight excluding hydrogens is 384 g/mol. The van der Waals surface area contributed by atoms with Gasteiger partial charge in [0.05, 0.1) is 18.1 Å². The number of nitrogens with zero attached hydrogens (tertiary/aromatic N) is 2. The van der Waals surface area contributed by atoms with Crippen molar-refractivity contribution in [2.75, 3.05) is 13.7 Å². The van der Waals surface area contributed by atoms with E-state index in [1.54, 1.807) is 28.7 Å². The van der Waals surface area contributed by atoms with Crippen molar-refractivity contribution in [2.45, 2.75) is 12.5 Å². The molecule has 0 bridgehead atoms. The van der Waals surface area contributed by atoms with Crippen LogP contribution in [0.1, 0.15) is 31.7 Å². The summed E-state index contributed by atoms with van der Waals surface area (Å²) in [6.07, 6.45) is 0.791. The van der Waals surface area contributed by atoms with Crippen LogP contribution in [0.25, 0.3) is 0 Å². The minimum absolute atomic E-state index is 0.144. The zero-order valence-corrected chi connectivity index (χ0v) is 16.1. The molecule has 0 fully saturated rings. The van der Waals surface area contributed by atoms with Crippen molar-refractivity contribution < 1.29 is 14.5 Å². The molecule has 8 heteroatoms. The van der Waals surface area contributed by atoms with Crippen LogP contribution in [-0.4, -0.2) is 29.4 Å². The molecule has 0 unspecified atom stereocenters. The number of methoxy groups -OCH3 is 1. The van der Waals surface area contributed by atoms with Crippen molar-refractivity contribution in [3.05, 3.63) is 78.2 Å². The van der Waals surface area contributed by atoms with E-state index < -0.39 is 4.92 Å². The molecule has 0 saturated heterocycles. The van der Waals surface area contributed by atoms with Gasteiger partial charge in [-0.3, -0.25) is 14.9 Å². The van der Waals surface area contributed by atoms with Crippen LogP contribution in [0.5, 0.6) is 5.75 Å². The molecule has 1 aromatic carbocycles. The second-order valence-electron chi connectivity index (χ2n) is 6.11. The van der Waals surface area contributed by atoms with Crippen molar-refractivity contribution in [3.8, 4) is 5.75 Å². The monoisotopic (exact) mass is 400 g/mol. The number of rotatable bonds is 4. The fourth-order valence-corrected chi connectivity index (χ4v) is 5.18. The maximum absolute atomic E-state index is 13.3. The number of ether oxygens (including phenoxy) is 1. The molecule has 2 aromatic heterocycles. The highest BCUT2D eigenvalue weighted by Gasteiger charge is 2.34. The normalized spacial score (nSPS) is 16.0. The predicted molar refractivity (Wildman–Crippen MR) is 105 cm³/mol. The van der Waals surface area contributed by atoms with Gasteiger partial charge in [0, 0.05) is 27.9 Å². The maximum Gasteiger partial charge on any atom is 0.311 e. The minimum atomic E-state index is -0.528. The van der Waals surface area contributed by atoms with Crippen molar-refractivity contribution in [3.63, 3.8) is 0 Å². The first-order chi connectivity index (χ1) is 13.1. The number of nitro benzene ring substituents is 1. The van der Waals surface area contributed by atoms with Gasteiger partial charge in [0.1, 0.15) is 0 Å². The first kappa shape index (κ1) is 17.7. The molecule has 0 radical (unpaired) electrons. The number of amides is 1. The largest absolute Gasteiger partial charge is 0.490 e. The SMILES string of the molecule is COc1ccc(C(=O)N2CCc3sccc3[C@@H]2c2cccs2)cc1[N+](=O)[O-]. The molecule has 138 valence electrons. The van der Waals surface area contributed by atoms with E-state index in [4.69, 9.17) is 4.74 Å². The summed E-state index contributed by atoms with van der Waals surface area (Å²) in [5, 5.41) is 15.4. The molecule has 0 spiro atoms. The van der Waals surface area contributed by atoms with Gasteiger partial charge in [-0.05, 0) is 47.0 Å². The van der Waals surface area contributed by atoms with Gasteiger partial charge in [0.2, 0.25) is 0 Å². The van der Waals surface area contributed by atoms with Gasteiger partial charge in [0.15, 0.2) is 5.75 Å². The molecule has 1 aliphatic rings. The van der Waals surface area contributed by atoms with Gasteiger partial charge in [-0.15, -0.1) is 22.7 Å². The number of carbonyl (C=O) groups excluding carboxylic acids is 1. The second-order valence-corrected chi connectivity index (χ2v) is 8.09. The summed E-state index contributed by atoms with van der Waals surface area (Å²) in [6, 6.07) is 10.3. The fourth-order valence-electron chi connectivity index (χ4n) is 3.42. The lowest BCUT2D eigenvalue weighted by atomic mass is 9.97. The van der Waals surface area contributed by atoms with Crippen molar-refractivity contribution in [1.29, 1.82) is 0 Å². The third-order valence-electron chi connectivity index (χ3n) is 4.66. The summed E-state index contributed by atoms with van der Waals surface area (Å²) in [4.78, 5) is 28.3. The quantitative estimate of drug-likeness (QED) is 0.477. The number of hydrogen-bond acceptors (Lipinski definition) is 6. The highest BCUT2D eigenvalue weighted by atomic mass is 32.1. The maximum atomic E-state index is 13.3. The summed E-state index contributed by atoms with van der Waals surface area (Å²) >= 11 is 3.32. The Balaban J connectivity index is 1.75. The molecule has 0 saturated carbocycles. The highest BCUT2D eigenvalue weighted by molar-refractivity contribution is 7.10. The van der Waals surface area contributed by atoms with Crippen LogP contribution in [0.15, 0.2) is 47.2 Å². The van der Waals surface area contributed by atoms with Crippen LogP contribution in [0.3, 0.4) is 0 Å². The average Bonchev–Trinajstić information content (AvgIpc) is 3.37. The minimum Gasteiger partial charge on any atom is -0.490 e. The molecule has 0 N–H and O–H groups in total. The Morgan fingerprint density at radius 1 is 1.26 bits per heavy atom. The molecule has 4 rings (SSSR count). The van der Waals surface area contributed by atoms with E-state index in [0.717, 1.165) is 16.9 Å². The smallest absolute Gasteiger partial charge is 0.311 e. The Morgan fingerprint density at radius 3 is 2.81 bits per heavy atom. The molecule has 1 amide bonds.